The van der Waals surface area contributed by atoms with Crippen LogP contribution < -0.4 is 5.32 Å². The summed E-state index contributed by atoms with van der Waals surface area (Å²) in [6, 6.07) is 8.91. The molecule has 150 valence electrons. The predicted molar refractivity (Wildman–Crippen MR) is 111 cm³/mol. The minimum atomic E-state index is -0.242. The molecule has 7 heteroatoms. The molecule has 2 aliphatic rings. The maximum atomic E-state index is 13.5. The minimum Gasteiger partial charge on any atom is -0.354 e. The molecule has 0 amide bonds. The van der Waals surface area contributed by atoms with Crippen LogP contribution in [0.1, 0.15) is 31.6 Å². The number of rotatable bonds is 6. The molecule has 1 unspecified atom stereocenters. The number of anilines is 1. The van der Waals surface area contributed by atoms with Crippen LogP contribution in [-0.2, 0) is 6.42 Å². The van der Waals surface area contributed by atoms with Crippen molar-refractivity contribution in [2.24, 2.45) is 0 Å². The van der Waals surface area contributed by atoms with Gasteiger partial charge in [-0.25, -0.2) is 19.3 Å². The Labute approximate surface area is 169 Å². The number of nitrogens with zero attached hydrogens (tertiary/aromatic N) is 5. The number of halogens is 1. The van der Waals surface area contributed by atoms with E-state index in [4.69, 9.17) is 9.97 Å². The lowest BCUT2D eigenvalue weighted by Crippen LogP contribution is -2.40. The number of aromatic nitrogens is 4. The van der Waals surface area contributed by atoms with E-state index in [1.54, 1.807) is 18.3 Å². The molecule has 6 nitrogen and oxygen atoms in total. The van der Waals surface area contributed by atoms with Gasteiger partial charge in [-0.2, -0.15) is 0 Å². The minimum absolute atomic E-state index is 0.242. The van der Waals surface area contributed by atoms with E-state index in [1.165, 1.54) is 31.6 Å². The molecule has 1 saturated heterocycles. The Hall–Kier alpha value is -2.80. The van der Waals surface area contributed by atoms with Crippen molar-refractivity contribution in [2.45, 2.75) is 32.2 Å². The number of hydrogen-bond donors (Lipinski definition) is 1. The Kier molecular flexibility index (Phi) is 4.75. The summed E-state index contributed by atoms with van der Waals surface area (Å²) in [5.74, 6) is 1.46. The third-order valence-corrected chi connectivity index (χ3v) is 5.82. The summed E-state index contributed by atoms with van der Waals surface area (Å²) in [6.45, 7) is 6.19. The highest BCUT2D eigenvalue weighted by atomic mass is 19.1. The summed E-state index contributed by atoms with van der Waals surface area (Å²) in [6.07, 6.45) is 5.13. The quantitative estimate of drug-likeness (QED) is 0.692. The van der Waals surface area contributed by atoms with Crippen molar-refractivity contribution in [1.82, 2.24) is 24.4 Å². The molecule has 0 spiro atoms. The van der Waals surface area contributed by atoms with Crippen LogP contribution in [0.3, 0.4) is 0 Å². The summed E-state index contributed by atoms with van der Waals surface area (Å²) in [5, 5.41) is 3.20. The van der Waals surface area contributed by atoms with Crippen LogP contribution >= 0.6 is 0 Å². The average molecular weight is 392 g/mol. The molecule has 1 N–H and O–H groups in total. The Balaban J connectivity index is 1.63. The van der Waals surface area contributed by atoms with Gasteiger partial charge in [0, 0.05) is 37.3 Å². The van der Waals surface area contributed by atoms with Gasteiger partial charge in [0.1, 0.15) is 11.6 Å². The fraction of sp³-hybridized carbons (Fsp3) is 0.409. The number of imidazole rings is 1. The van der Waals surface area contributed by atoms with E-state index in [0.29, 0.717) is 12.0 Å². The van der Waals surface area contributed by atoms with E-state index in [9.17, 15) is 4.39 Å². The maximum absolute atomic E-state index is 13.5. The van der Waals surface area contributed by atoms with E-state index >= 15 is 0 Å². The molecule has 3 aromatic rings. The average Bonchev–Trinajstić information content (AvgIpc) is 3.25. The zero-order valence-electron chi connectivity index (χ0n) is 16.6. The zero-order valence-corrected chi connectivity index (χ0v) is 16.6. The van der Waals surface area contributed by atoms with Crippen LogP contribution in [0.25, 0.3) is 22.6 Å². The van der Waals surface area contributed by atoms with Crippen molar-refractivity contribution in [3.8, 4) is 22.6 Å². The molecule has 2 aromatic heterocycles. The fourth-order valence-corrected chi connectivity index (χ4v) is 4.30. The number of nitrogens with one attached hydrogen (secondary N) is 1. The van der Waals surface area contributed by atoms with Gasteiger partial charge in [0.05, 0.1) is 17.1 Å². The Morgan fingerprint density at radius 1 is 1.14 bits per heavy atom. The van der Waals surface area contributed by atoms with Crippen LogP contribution in [0.4, 0.5) is 10.3 Å². The van der Waals surface area contributed by atoms with Crippen LogP contribution in [0.15, 0.2) is 36.5 Å². The first-order valence-corrected chi connectivity index (χ1v) is 10.4. The molecular weight excluding hydrogens is 367 g/mol. The molecule has 1 fully saturated rings. The fourth-order valence-electron chi connectivity index (χ4n) is 4.30. The molecule has 1 aromatic carbocycles. The normalized spacial score (nSPS) is 18.5. The van der Waals surface area contributed by atoms with E-state index in [2.05, 4.69) is 19.8 Å². The van der Waals surface area contributed by atoms with Gasteiger partial charge in [-0.3, -0.25) is 0 Å². The van der Waals surface area contributed by atoms with Crippen LogP contribution in [0.5, 0.6) is 0 Å². The zero-order chi connectivity index (χ0) is 19.8. The van der Waals surface area contributed by atoms with Gasteiger partial charge in [-0.15, -0.1) is 0 Å². The van der Waals surface area contributed by atoms with Crippen molar-refractivity contribution in [3.05, 3.63) is 48.2 Å². The first-order chi connectivity index (χ1) is 14.2. The van der Waals surface area contributed by atoms with Gasteiger partial charge in [0.2, 0.25) is 5.95 Å². The Morgan fingerprint density at radius 2 is 1.97 bits per heavy atom. The lowest BCUT2D eigenvalue weighted by atomic mass is 10.1. The summed E-state index contributed by atoms with van der Waals surface area (Å²) in [7, 11) is 0. The van der Waals surface area contributed by atoms with Gasteiger partial charge in [-0.1, -0.05) is 0 Å². The predicted octanol–water partition coefficient (Wildman–Crippen LogP) is 3.77. The second-order valence-corrected chi connectivity index (χ2v) is 7.74. The molecule has 0 radical (unpaired) electrons. The lowest BCUT2D eigenvalue weighted by molar-refractivity contribution is 0.156. The smallest absolute Gasteiger partial charge is 0.223 e. The second-order valence-electron chi connectivity index (χ2n) is 7.74. The van der Waals surface area contributed by atoms with Crippen LogP contribution in [0.2, 0.25) is 0 Å². The SMILES string of the molecule is CCNc1nccc(-c2c(-c3ccc(F)cc3)nc3n2C(CN2CCC2)CC3)n1. The third-order valence-electron chi connectivity index (χ3n) is 5.82. The monoisotopic (exact) mass is 392 g/mol. The molecule has 2 aliphatic heterocycles. The molecule has 0 saturated carbocycles. The molecule has 4 heterocycles. The summed E-state index contributed by atoms with van der Waals surface area (Å²) in [4.78, 5) is 16.6. The molecule has 5 rings (SSSR count). The van der Waals surface area contributed by atoms with Gasteiger partial charge in [-0.05, 0) is 63.2 Å². The van der Waals surface area contributed by atoms with E-state index in [-0.39, 0.29) is 5.82 Å². The molecule has 0 aliphatic carbocycles. The van der Waals surface area contributed by atoms with Gasteiger partial charge in [0.15, 0.2) is 0 Å². The molecule has 0 bridgehead atoms. The van der Waals surface area contributed by atoms with Crippen molar-refractivity contribution in [3.63, 3.8) is 0 Å². The van der Waals surface area contributed by atoms with E-state index in [0.717, 1.165) is 54.4 Å². The van der Waals surface area contributed by atoms with Crippen LogP contribution in [-0.4, -0.2) is 50.6 Å². The summed E-state index contributed by atoms with van der Waals surface area (Å²) < 4.78 is 15.9. The molecule has 1 atom stereocenters. The second kappa shape index (κ2) is 7.55. The Bertz CT molecular complexity index is 1010. The molecule has 29 heavy (non-hydrogen) atoms. The topological polar surface area (TPSA) is 58.9 Å². The largest absolute Gasteiger partial charge is 0.354 e. The Morgan fingerprint density at radius 3 is 2.69 bits per heavy atom. The van der Waals surface area contributed by atoms with Crippen molar-refractivity contribution in [2.75, 3.05) is 31.5 Å². The van der Waals surface area contributed by atoms with Crippen LogP contribution in [0, 0.1) is 5.82 Å². The van der Waals surface area contributed by atoms with Gasteiger partial charge < -0.3 is 14.8 Å². The number of benzene rings is 1. The summed E-state index contributed by atoms with van der Waals surface area (Å²) >= 11 is 0. The first-order valence-electron chi connectivity index (χ1n) is 10.4. The number of likely N-dealkylation sites (tertiary alicyclic amines) is 1. The number of hydrogen-bond acceptors (Lipinski definition) is 5. The van der Waals surface area contributed by atoms with Gasteiger partial charge >= 0.3 is 0 Å². The highest BCUT2D eigenvalue weighted by Crippen LogP contribution is 2.39. The number of fused-ring (bicyclic) bond motifs is 1. The van der Waals surface area contributed by atoms with Crippen molar-refractivity contribution < 1.29 is 4.39 Å². The highest BCUT2D eigenvalue weighted by molar-refractivity contribution is 5.78. The highest BCUT2D eigenvalue weighted by Gasteiger charge is 2.32. The van der Waals surface area contributed by atoms with E-state index < -0.39 is 0 Å². The van der Waals surface area contributed by atoms with E-state index in [1.807, 2.05) is 13.0 Å². The molecular formula is C22H25FN6. The van der Waals surface area contributed by atoms with Crippen molar-refractivity contribution in [1.29, 1.82) is 0 Å². The van der Waals surface area contributed by atoms with Gasteiger partial charge in [0.25, 0.3) is 0 Å². The van der Waals surface area contributed by atoms with Crippen molar-refractivity contribution >= 4 is 5.95 Å². The number of aryl methyl sites for hydroxylation is 1. The standard InChI is InChI=1S/C22H25FN6/c1-2-24-22-25-11-10-18(26-22)21-20(15-4-6-16(23)7-5-15)27-19-9-8-17(29(19)21)14-28-12-3-13-28/h4-7,10-11,17H,2-3,8-9,12-14H2,1H3,(H,24,25,26). The lowest BCUT2D eigenvalue weighted by Gasteiger charge is -2.33. The maximum Gasteiger partial charge on any atom is 0.223 e. The first kappa shape index (κ1) is 18.2. The summed E-state index contributed by atoms with van der Waals surface area (Å²) in [5.41, 5.74) is 3.64. The third kappa shape index (κ3) is 3.40.